The van der Waals surface area contributed by atoms with Gasteiger partial charge in [-0.1, -0.05) is 0 Å². The van der Waals surface area contributed by atoms with Gasteiger partial charge in [-0.25, -0.2) is 0 Å². The molecular weight excluding hydrogens is 244 g/mol. The van der Waals surface area contributed by atoms with Gasteiger partial charge in [0.25, 0.3) is 0 Å². The van der Waals surface area contributed by atoms with Crippen molar-refractivity contribution in [1.29, 1.82) is 0 Å². The average molecular weight is 264 g/mol. The fourth-order valence-electron chi connectivity index (χ4n) is 2.37. The van der Waals surface area contributed by atoms with E-state index in [2.05, 4.69) is 10.4 Å². The summed E-state index contributed by atoms with van der Waals surface area (Å²) in [5.41, 5.74) is 0.490. The Balaban J connectivity index is 2.23. The smallest absolute Gasteiger partial charge is 0.239 e. The second kappa shape index (κ2) is 4.68. The van der Waals surface area contributed by atoms with Gasteiger partial charge >= 0.3 is 0 Å². The van der Waals surface area contributed by atoms with Gasteiger partial charge in [0.15, 0.2) is 0 Å². The van der Waals surface area contributed by atoms with Crippen LogP contribution in [0.15, 0.2) is 12.3 Å². The van der Waals surface area contributed by atoms with E-state index in [1.54, 1.807) is 15.8 Å². The molecule has 0 saturated carbocycles. The molecule has 2 heterocycles. The molecule has 1 atom stereocenters. The van der Waals surface area contributed by atoms with Gasteiger partial charge in [0, 0.05) is 19.8 Å². The van der Waals surface area contributed by atoms with Crippen molar-refractivity contribution in [2.45, 2.75) is 32.2 Å². The number of carbonyl (C=O) groups is 2. The fraction of sp³-hybridized carbons (Fsp3) is 0.615. The average Bonchev–Trinajstić information content (AvgIpc) is 2.77. The lowest BCUT2D eigenvalue weighted by atomic mass is 9.96. The van der Waals surface area contributed by atoms with Crippen LogP contribution in [0, 0.1) is 0 Å². The van der Waals surface area contributed by atoms with Gasteiger partial charge in [-0.15, -0.1) is 0 Å². The number of hydrogen-bond donors (Lipinski definition) is 1. The molecule has 1 unspecified atom stereocenters. The molecule has 2 rings (SSSR count). The lowest BCUT2D eigenvalue weighted by Crippen LogP contribution is -2.62. The van der Waals surface area contributed by atoms with Crippen LogP contribution in [0.4, 0.5) is 0 Å². The van der Waals surface area contributed by atoms with Crippen LogP contribution < -0.4 is 5.32 Å². The Hall–Kier alpha value is -1.85. The number of aromatic nitrogens is 2. The van der Waals surface area contributed by atoms with E-state index in [0.717, 1.165) is 5.69 Å². The summed E-state index contributed by atoms with van der Waals surface area (Å²) >= 11 is 0. The molecule has 0 radical (unpaired) electrons. The van der Waals surface area contributed by atoms with Gasteiger partial charge < -0.3 is 10.2 Å². The zero-order valence-electron chi connectivity index (χ0n) is 11.8. The first-order valence-electron chi connectivity index (χ1n) is 6.39. The molecule has 1 aromatic heterocycles. The van der Waals surface area contributed by atoms with Crippen molar-refractivity contribution in [3.05, 3.63) is 18.0 Å². The predicted molar refractivity (Wildman–Crippen MR) is 70.4 cm³/mol. The van der Waals surface area contributed by atoms with Gasteiger partial charge in [-0.2, -0.15) is 5.10 Å². The van der Waals surface area contributed by atoms with Crippen molar-refractivity contribution in [3.8, 4) is 0 Å². The van der Waals surface area contributed by atoms with E-state index in [1.165, 1.54) is 0 Å². The summed E-state index contributed by atoms with van der Waals surface area (Å²) in [6.45, 7) is 6.37. The van der Waals surface area contributed by atoms with E-state index >= 15 is 0 Å². The molecule has 2 amide bonds. The third-order valence-electron chi connectivity index (χ3n) is 3.69. The number of nitrogens with zero attached hydrogens (tertiary/aromatic N) is 3. The first-order chi connectivity index (χ1) is 8.83. The Bertz CT molecular complexity index is 506. The van der Waals surface area contributed by atoms with E-state index in [1.807, 2.05) is 33.9 Å². The van der Waals surface area contributed by atoms with E-state index in [9.17, 15) is 9.59 Å². The van der Waals surface area contributed by atoms with Gasteiger partial charge in [-0.3, -0.25) is 14.3 Å². The molecule has 104 valence electrons. The predicted octanol–water partition coefficient (Wildman–Crippen LogP) is 0.261. The Kier molecular flexibility index (Phi) is 3.34. The van der Waals surface area contributed by atoms with E-state index < -0.39 is 0 Å². The standard InChI is InChI=1S/C13H20N4O2/c1-9(10-5-6-15-16(10)4)12(19)17-7-11(18)14-8-13(17,2)3/h5-6,9H,7-8H2,1-4H3,(H,14,18). The normalized spacial score (nSPS) is 20.0. The van der Waals surface area contributed by atoms with Crippen molar-refractivity contribution in [2.75, 3.05) is 13.1 Å². The van der Waals surface area contributed by atoms with Crippen molar-refractivity contribution in [1.82, 2.24) is 20.0 Å². The zero-order chi connectivity index (χ0) is 14.2. The third-order valence-corrected chi connectivity index (χ3v) is 3.69. The number of hydrogen-bond acceptors (Lipinski definition) is 3. The van der Waals surface area contributed by atoms with Crippen LogP contribution in [0.1, 0.15) is 32.4 Å². The van der Waals surface area contributed by atoms with Gasteiger partial charge in [-0.05, 0) is 26.8 Å². The third kappa shape index (κ3) is 2.47. The minimum atomic E-state index is -0.363. The highest BCUT2D eigenvalue weighted by atomic mass is 16.2. The lowest BCUT2D eigenvalue weighted by Gasteiger charge is -2.43. The quantitative estimate of drug-likeness (QED) is 0.833. The molecule has 1 aromatic rings. The Morgan fingerprint density at radius 2 is 2.21 bits per heavy atom. The summed E-state index contributed by atoms with van der Waals surface area (Å²) in [5, 5.41) is 6.88. The molecule has 1 aliphatic heterocycles. The molecule has 0 aliphatic carbocycles. The summed E-state index contributed by atoms with van der Waals surface area (Å²) in [6, 6.07) is 1.83. The maximum atomic E-state index is 12.6. The molecule has 0 bridgehead atoms. The van der Waals surface area contributed by atoms with Crippen molar-refractivity contribution in [2.24, 2.45) is 7.05 Å². The van der Waals surface area contributed by atoms with E-state index in [-0.39, 0.29) is 29.8 Å². The van der Waals surface area contributed by atoms with Crippen LogP contribution in [0.2, 0.25) is 0 Å². The minimum Gasteiger partial charge on any atom is -0.352 e. The summed E-state index contributed by atoms with van der Waals surface area (Å²) in [4.78, 5) is 25.8. The van der Waals surface area contributed by atoms with Crippen LogP contribution in [0.3, 0.4) is 0 Å². The van der Waals surface area contributed by atoms with Gasteiger partial charge in [0.1, 0.15) is 6.54 Å². The van der Waals surface area contributed by atoms with E-state index in [0.29, 0.717) is 6.54 Å². The molecule has 1 N–H and O–H groups in total. The van der Waals surface area contributed by atoms with Crippen LogP contribution in [0.25, 0.3) is 0 Å². The highest BCUT2D eigenvalue weighted by molar-refractivity contribution is 5.89. The molecular formula is C13H20N4O2. The van der Waals surface area contributed by atoms with Crippen LogP contribution in [-0.2, 0) is 16.6 Å². The Morgan fingerprint density at radius 1 is 1.53 bits per heavy atom. The van der Waals surface area contributed by atoms with Crippen LogP contribution in [0.5, 0.6) is 0 Å². The topological polar surface area (TPSA) is 67.2 Å². The largest absolute Gasteiger partial charge is 0.352 e. The Morgan fingerprint density at radius 3 is 2.79 bits per heavy atom. The van der Waals surface area contributed by atoms with Gasteiger partial charge in [0.05, 0.1) is 17.2 Å². The lowest BCUT2D eigenvalue weighted by molar-refractivity contribution is -0.146. The zero-order valence-corrected chi connectivity index (χ0v) is 11.8. The Labute approximate surface area is 112 Å². The van der Waals surface area contributed by atoms with Crippen LogP contribution in [-0.4, -0.2) is 45.1 Å². The monoisotopic (exact) mass is 264 g/mol. The van der Waals surface area contributed by atoms with Crippen molar-refractivity contribution >= 4 is 11.8 Å². The van der Waals surface area contributed by atoms with Crippen LogP contribution >= 0.6 is 0 Å². The second-order valence-corrected chi connectivity index (χ2v) is 5.61. The molecule has 19 heavy (non-hydrogen) atoms. The summed E-state index contributed by atoms with van der Waals surface area (Å²) in [6.07, 6.45) is 1.67. The number of amides is 2. The molecule has 1 aliphatic rings. The summed E-state index contributed by atoms with van der Waals surface area (Å²) < 4.78 is 1.69. The number of aryl methyl sites for hydroxylation is 1. The molecule has 0 spiro atoms. The van der Waals surface area contributed by atoms with Crippen molar-refractivity contribution < 1.29 is 9.59 Å². The van der Waals surface area contributed by atoms with Gasteiger partial charge in [0.2, 0.25) is 11.8 Å². The number of nitrogens with one attached hydrogen (secondary N) is 1. The molecule has 6 heteroatoms. The highest BCUT2D eigenvalue weighted by Crippen LogP contribution is 2.24. The molecule has 1 saturated heterocycles. The first-order valence-corrected chi connectivity index (χ1v) is 6.39. The highest BCUT2D eigenvalue weighted by Gasteiger charge is 2.38. The molecule has 1 fully saturated rings. The first kappa shape index (κ1) is 13.6. The number of piperazine rings is 1. The summed E-state index contributed by atoms with van der Waals surface area (Å²) in [7, 11) is 1.81. The van der Waals surface area contributed by atoms with E-state index in [4.69, 9.17) is 0 Å². The summed E-state index contributed by atoms with van der Waals surface area (Å²) in [5.74, 6) is -0.453. The SMILES string of the molecule is CC(C(=O)N1CC(=O)NCC1(C)C)c1ccnn1C. The maximum absolute atomic E-state index is 12.6. The second-order valence-electron chi connectivity index (χ2n) is 5.61. The molecule has 0 aromatic carbocycles. The minimum absolute atomic E-state index is 0.0385. The number of rotatable bonds is 2. The van der Waals surface area contributed by atoms with Crippen molar-refractivity contribution in [3.63, 3.8) is 0 Å². The number of carbonyl (C=O) groups excluding carboxylic acids is 2. The maximum Gasteiger partial charge on any atom is 0.239 e. The fourth-order valence-corrected chi connectivity index (χ4v) is 2.37. The molecule has 6 nitrogen and oxygen atoms in total.